The van der Waals surface area contributed by atoms with Gasteiger partial charge in [0.25, 0.3) is 0 Å². The number of aromatic nitrogens is 2. The zero-order valence-corrected chi connectivity index (χ0v) is 15.9. The summed E-state index contributed by atoms with van der Waals surface area (Å²) in [6.45, 7) is 3.25. The molecule has 0 radical (unpaired) electrons. The van der Waals surface area contributed by atoms with Crippen LogP contribution in [-0.2, 0) is 9.53 Å². The lowest BCUT2D eigenvalue weighted by Gasteiger charge is -2.12. The lowest BCUT2D eigenvalue weighted by molar-refractivity contribution is -0.119. The van der Waals surface area contributed by atoms with Gasteiger partial charge in [-0.25, -0.2) is 4.98 Å². The van der Waals surface area contributed by atoms with E-state index in [0.29, 0.717) is 23.5 Å². The molecule has 3 aromatic rings. The molecule has 1 fully saturated rings. The van der Waals surface area contributed by atoms with Gasteiger partial charge in [-0.1, -0.05) is 23.9 Å². The van der Waals surface area contributed by atoms with Gasteiger partial charge in [0.05, 0.1) is 33.5 Å². The third-order valence-corrected chi connectivity index (χ3v) is 5.76. The SMILES string of the molecule is Cc1cc(SCC(=O)NC[C@@H]2CCCO2)n2c(nc3ccccc32)c1C#N. The monoisotopic (exact) mass is 380 g/mol. The molecule has 0 bridgehead atoms. The van der Waals surface area contributed by atoms with E-state index in [4.69, 9.17) is 4.74 Å². The molecule has 0 spiro atoms. The summed E-state index contributed by atoms with van der Waals surface area (Å²) in [6.07, 6.45) is 2.20. The summed E-state index contributed by atoms with van der Waals surface area (Å²) < 4.78 is 7.51. The Labute approximate surface area is 161 Å². The number of fused-ring (bicyclic) bond motifs is 3. The normalized spacial score (nSPS) is 16.7. The Balaban J connectivity index is 1.59. The van der Waals surface area contributed by atoms with Crippen molar-refractivity contribution in [2.75, 3.05) is 18.9 Å². The predicted octanol–water partition coefficient (Wildman–Crippen LogP) is 3.05. The Morgan fingerprint density at radius 1 is 1.48 bits per heavy atom. The van der Waals surface area contributed by atoms with Crippen molar-refractivity contribution in [2.24, 2.45) is 0 Å². The Bertz CT molecular complexity index is 1050. The van der Waals surface area contributed by atoms with E-state index >= 15 is 0 Å². The van der Waals surface area contributed by atoms with Crippen LogP contribution in [0.1, 0.15) is 24.0 Å². The van der Waals surface area contributed by atoms with Crippen molar-refractivity contribution in [3.05, 3.63) is 41.5 Å². The molecule has 7 heteroatoms. The molecule has 1 aromatic carbocycles. The summed E-state index contributed by atoms with van der Waals surface area (Å²) >= 11 is 1.45. The van der Waals surface area contributed by atoms with Crippen LogP contribution in [0.15, 0.2) is 35.4 Å². The number of thioether (sulfide) groups is 1. The van der Waals surface area contributed by atoms with Crippen LogP contribution in [0, 0.1) is 18.3 Å². The predicted molar refractivity (Wildman–Crippen MR) is 105 cm³/mol. The average molecular weight is 380 g/mol. The number of aryl methyl sites for hydroxylation is 1. The van der Waals surface area contributed by atoms with Gasteiger partial charge in [0.15, 0.2) is 5.65 Å². The van der Waals surface area contributed by atoms with Gasteiger partial charge < -0.3 is 10.1 Å². The lowest BCUT2D eigenvalue weighted by Crippen LogP contribution is -2.32. The van der Waals surface area contributed by atoms with Crippen molar-refractivity contribution in [2.45, 2.75) is 30.9 Å². The van der Waals surface area contributed by atoms with E-state index in [-0.39, 0.29) is 12.0 Å². The van der Waals surface area contributed by atoms with Gasteiger partial charge in [-0.05, 0) is 43.5 Å². The summed E-state index contributed by atoms with van der Waals surface area (Å²) in [5.41, 5.74) is 3.84. The van der Waals surface area contributed by atoms with Gasteiger partial charge in [-0.2, -0.15) is 5.26 Å². The summed E-state index contributed by atoms with van der Waals surface area (Å²) in [4.78, 5) is 16.9. The van der Waals surface area contributed by atoms with Crippen molar-refractivity contribution in [1.29, 1.82) is 5.26 Å². The quantitative estimate of drug-likeness (QED) is 0.688. The van der Waals surface area contributed by atoms with Gasteiger partial charge >= 0.3 is 0 Å². The minimum absolute atomic E-state index is 0.0184. The zero-order valence-electron chi connectivity index (χ0n) is 15.1. The number of hydrogen-bond donors (Lipinski definition) is 1. The molecular weight excluding hydrogens is 360 g/mol. The van der Waals surface area contributed by atoms with Crippen LogP contribution in [0.5, 0.6) is 0 Å². The fraction of sp³-hybridized carbons (Fsp3) is 0.350. The van der Waals surface area contributed by atoms with Crippen LogP contribution in [0.25, 0.3) is 16.7 Å². The topological polar surface area (TPSA) is 79.4 Å². The maximum absolute atomic E-state index is 12.3. The van der Waals surface area contributed by atoms with Gasteiger partial charge in [0.2, 0.25) is 5.91 Å². The Kier molecular flexibility index (Phi) is 5.01. The molecule has 2 aromatic heterocycles. The number of carbonyl (C=O) groups excluding carboxylic acids is 1. The number of rotatable bonds is 5. The molecule has 6 nitrogen and oxygen atoms in total. The number of nitrogens with zero attached hydrogens (tertiary/aromatic N) is 3. The smallest absolute Gasteiger partial charge is 0.230 e. The highest BCUT2D eigenvalue weighted by Gasteiger charge is 2.18. The second kappa shape index (κ2) is 7.59. The van der Waals surface area contributed by atoms with Crippen LogP contribution in [0.4, 0.5) is 0 Å². The molecule has 1 aliphatic rings. The maximum atomic E-state index is 12.3. The van der Waals surface area contributed by atoms with Gasteiger partial charge in [-0.3, -0.25) is 9.20 Å². The summed E-state index contributed by atoms with van der Waals surface area (Å²) in [6, 6.07) is 12.0. The standard InChI is InChI=1S/C20H20N4O2S/c1-13-9-19(27-12-18(25)22-11-14-5-4-8-26-14)24-17-7-3-2-6-16(17)23-20(24)15(13)10-21/h2-3,6-7,9,14H,4-5,8,11-12H2,1H3,(H,22,25)/t14-/m0/s1. The van der Waals surface area contributed by atoms with Crippen LogP contribution in [-0.4, -0.2) is 40.3 Å². The molecule has 4 rings (SSSR count). The van der Waals surface area contributed by atoms with Gasteiger partial charge in [0, 0.05) is 13.2 Å². The minimum atomic E-state index is -0.0184. The number of benzene rings is 1. The second-order valence-electron chi connectivity index (χ2n) is 6.64. The van der Waals surface area contributed by atoms with Crippen molar-refractivity contribution in [3.8, 4) is 6.07 Å². The van der Waals surface area contributed by atoms with Crippen molar-refractivity contribution < 1.29 is 9.53 Å². The third kappa shape index (κ3) is 3.51. The van der Waals surface area contributed by atoms with Gasteiger partial charge in [0.1, 0.15) is 6.07 Å². The molecule has 1 saturated heterocycles. The van der Waals surface area contributed by atoms with Crippen LogP contribution < -0.4 is 5.32 Å². The number of carbonyl (C=O) groups is 1. The molecule has 0 unspecified atom stereocenters. The molecule has 1 amide bonds. The van der Waals surface area contributed by atoms with E-state index in [1.165, 1.54) is 11.8 Å². The largest absolute Gasteiger partial charge is 0.376 e. The van der Waals surface area contributed by atoms with Crippen molar-refractivity contribution in [1.82, 2.24) is 14.7 Å². The number of nitrogens with one attached hydrogen (secondary N) is 1. The second-order valence-corrected chi connectivity index (χ2v) is 7.64. The zero-order chi connectivity index (χ0) is 18.8. The number of ether oxygens (including phenoxy) is 1. The summed E-state index contributed by atoms with van der Waals surface area (Å²) in [5, 5.41) is 13.4. The molecule has 138 valence electrons. The molecule has 27 heavy (non-hydrogen) atoms. The highest BCUT2D eigenvalue weighted by atomic mass is 32.2. The van der Waals surface area contributed by atoms with E-state index < -0.39 is 0 Å². The Morgan fingerprint density at radius 3 is 3.11 bits per heavy atom. The van der Waals surface area contributed by atoms with Gasteiger partial charge in [-0.15, -0.1) is 0 Å². The summed E-state index contributed by atoms with van der Waals surface area (Å²) in [7, 11) is 0. The Morgan fingerprint density at radius 2 is 2.33 bits per heavy atom. The minimum Gasteiger partial charge on any atom is -0.376 e. The maximum Gasteiger partial charge on any atom is 0.230 e. The van der Waals surface area contributed by atoms with E-state index in [2.05, 4.69) is 16.4 Å². The molecule has 3 heterocycles. The first-order valence-corrected chi connectivity index (χ1v) is 9.98. The summed E-state index contributed by atoms with van der Waals surface area (Å²) in [5.74, 6) is 0.287. The lowest BCUT2D eigenvalue weighted by atomic mass is 10.2. The molecule has 1 N–H and O–H groups in total. The van der Waals surface area contributed by atoms with Crippen molar-refractivity contribution in [3.63, 3.8) is 0 Å². The number of hydrogen-bond acceptors (Lipinski definition) is 5. The molecule has 1 atom stereocenters. The first-order chi connectivity index (χ1) is 13.2. The third-order valence-electron chi connectivity index (χ3n) is 4.75. The number of nitriles is 1. The number of para-hydroxylation sites is 2. The molecule has 1 aliphatic heterocycles. The van der Waals surface area contributed by atoms with Crippen LogP contribution in [0.3, 0.4) is 0 Å². The first-order valence-electron chi connectivity index (χ1n) is 8.99. The first kappa shape index (κ1) is 17.8. The van der Waals surface area contributed by atoms with Crippen molar-refractivity contribution >= 4 is 34.3 Å². The van der Waals surface area contributed by atoms with E-state index in [1.54, 1.807) is 0 Å². The van der Waals surface area contributed by atoms with Crippen LogP contribution >= 0.6 is 11.8 Å². The van der Waals surface area contributed by atoms with E-state index in [0.717, 1.165) is 41.1 Å². The highest BCUT2D eigenvalue weighted by molar-refractivity contribution is 7.99. The highest BCUT2D eigenvalue weighted by Crippen LogP contribution is 2.29. The fourth-order valence-corrected chi connectivity index (χ4v) is 4.34. The Hall–Kier alpha value is -2.56. The van der Waals surface area contributed by atoms with Crippen LogP contribution in [0.2, 0.25) is 0 Å². The average Bonchev–Trinajstić information content (AvgIpc) is 3.32. The molecule has 0 saturated carbocycles. The number of imidazole rings is 1. The van der Waals surface area contributed by atoms with E-state index in [1.807, 2.05) is 41.7 Å². The molecule has 0 aliphatic carbocycles. The van der Waals surface area contributed by atoms with E-state index in [9.17, 15) is 10.1 Å². The molecular formula is C20H20N4O2S. The number of pyridine rings is 1. The number of amides is 1. The fourth-order valence-electron chi connectivity index (χ4n) is 3.38.